The van der Waals surface area contributed by atoms with E-state index in [-0.39, 0.29) is 10.6 Å². The molecule has 7 nitrogen and oxygen atoms in total. The summed E-state index contributed by atoms with van der Waals surface area (Å²) in [6.45, 7) is 2.13. The predicted octanol–water partition coefficient (Wildman–Crippen LogP) is 6.85. The van der Waals surface area contributed by atoms with Gasteiger partial charge in [0.25, 0.3) is 11.1 Å². The van der Waals surface area contributed by atoms with Crippen molar-refractivity contribution in [1.29, 1.82) is 0 Å². The van der Waals surface area contributed by atoms with E-state index in [1.165, 1.54) is 18.2 Å². The van der Waals surface area contributed by atoms with Crippen LogP contribution >= 0.6 is 50.3 Å². The Morgan fingerprint density at radius 2 is 1.89 bits per heavy atom. The van der Waals surface area contributed by atoms with Gasteiger partial charge >= 0.3 is 0 Å². The van der Waals surface area contributed by atoms with Crippen molar-refractivity contribution in [2.45, 2.75) is 13.5 Å². The van der Waals surface area contributed by atoms with Crippen molar-refractivity contribution in [3.63, 3.8) is 0 Å². The van der Waals surface area contributed by atoms with E-state index in [1.54, 1.807) is 12.1 Å². The number of carbonyl (C=O) groups excluding carboxylic acids is 3. The number of rotatable bonds is 9. The number of nitrogens with one attached hydrogen (secondary N) is 1. The first-order valence-electron chi connectivity index (χ1n) is 11.4. The van der Waals surface area contributed by atoms with E-state index in [9.17, 15) is 18.8 Å². The lowest BCUT2D eigenvalue weighted by molar-refractivity contribution is -0.127. The molecule has 38 heavy (non-hydrogen) atoms. The van der Waals surface area contributed by atoms with Crippen molar-refractivity contribution in [1.82, 2.24) is 4.90 Å². The van der Waals surface area contributed by atoms with E-state index < -0.39 is 29.4 Å². The molecule has 1 saturated heterocycles. The van der Waals surface area contributed by atoms with E-state index in [1.807, 2.05) is 37.3 Å². The fourth-order valence-electron chi connectivity index (χ4n) is 3.51. The molecule has 0 aromatic heterocycles. The topological polar surface area (TPSA) is 84.9 Å². The Bertz CT molecular complexity index is 1420. The van der Waals surface area contributed by atoms with Crippen LogP contribution in [0.1, 0.15) is 18.1 Å². The summed E-state index contributed by atoms with van der Waals surface area (Å²) in [7, 11) is 0. The molecule has 1 aliphatic rings. The first-order valence-corrected chi connectivity index (χ1v) is 14.1. The number of anilines is 1. The van der Waals surface area contributed by atoms with Crippen LogP contribution in [0.15, 0.2) is 70.0 Å². The lowest BCUT2D eigenvalue weighted by atomic mass is 10.1. The largest absolute Gasteiger partial charge is 0.490 e. The van der Waals surface area contributed by atoms with Crippen LogP contribution in [0.5, 0.6) is 11.5 Å². The summed E-state index contributed by atoms with van der Waals surface area (Å²) in [6.07, 6.45) is 1.58. The molecule has 0 unspecified atom stereocenters. The van der Waals surface area contributed by atoms with Crippen molar-refractivity contribution in [3.8, 4) is 11.5 Å². The molecule has 1 N–H and O–H groups in total. The SMILES string of the molecule is CCOc1cc(/C=C2/SC(=O)N(CC(=O)Nc3cccc(F)c3)C2=O)cc(I)c1OCc1ccc(Br)cc1. The number of amides is 3. The van der Waals surface area contributed by atoms with E-state index >= 15 is 0 Å². The van der Waals surface area contributed by atoms with Crippen LogP contribution in [0.4, 0.5) is 14.9 Å². The second kappa shape index (κ2) is 12.8. The van der Waals surface area contributed by atoms with Gasteiger partial charge in [0.15, 0.2) is 11.5 Å². The Balaban J connectivity index is 1.48. The van der Waals surface area contributed by atoms with Crippen LogP contribution < -0.4 is 14.8 Å². The maximum Gasteiger partial charge on any atom is 0.294 e. The molecule has 0 bridgehead atoms. The van der Waals surface area contributed by atoms with Crippen molar-refractivity contribution in [2.24, 2.45) is 0 Å². The molecule has 1 fully saturated rings. The summed E-state index contributed by atoms with van der Waals surface area (Å²) in [5, 5.41) is 1.92. The molecule has 3 amide bonds. The average Bonchev–Trinajstić information content (AvgIpc) is 3.12. The molecule has 1 heterocycles. The lowest BCUT2D eigenvalue weighted by Crippen LogP contribution is -2.36. The number of imide groups is 1. The predicted molar refractivity (Wildman–Crippen MR) is 157 cm³/mol. The molecule has 0 spiro atoms. The normalized spacial score (nSPS) is 14.2. The molecule has 0 atom stereocenters. The molecule has 4 rings (SSSR count). The second-order valence-electron chi connectivity index (χ2n) is 8.00. The van der Waals surface area contributed by atoms with Gasteiger partial charge in [-0.25, -0.2) is 4.39 Å². The summed E-state index contributed by atoms with van der Waals surface area (Å²) in [4.78, 5) is 38.8. The highest BCUT2D eigenvalue weighted by atomic mass is 127. The van der Waals surface area contributed by atoms with E-state index in [0.29, 0.717) is 30.3 Å². The standard InChI is InChI=1S/C27H21BrFIN2O5S/c1-2-36-22-11-17(10-21(30)25(22)37-15-16-6-8-18(28)9-7-16)12-23-26(34)32(27(35)38-23)14-24(33)31-20-5-3-4-19(29)13-20/h3-13H,2,14-15H2,1H3,(H,31,33)/b23-12+. The summed E-state index contributed by atoms with van der Waals surface area (Å²) >= 11 is 6.30. The minimum Gasteiger partial charge on any atom is -0.490 e. The zero-order chi connectivity index (χ0) is 27.2. The molecule has 0 saturated carbocycles. The minimum absolute atomic E-state index is 0.176. The summed E-state index contributed by atoms with van der Waals surface area (Å²) in [5.41, 5.74) is 1.87. The zero-order valence-corrected chi connectivity index (χ0v) is 24.6. The van der Waals surface area contributed by atoms with E-state index in [2.05, 4.69) is 43.8 Å². The summed E-state index contributed by atoms with van der Waals surface area (Å²) in [5.74, 6) is -0.619. The minimum atomic E-state index is -0.611. The fourth-order valence-corrected chi connectivity index (χ4v) is 5.39. The van der Waals surface area contributed by atoms with Crippen molar-refractivity contribution in [3.05, 3.63) is 90.6 Å². The zero-order valence-electron chi connectivity index (χ0n) is 20.0. The number of hydrogen-bond donors (Lipinski definition) is 1. The third kappa shape index (κ3) is 7.14. The van der Waals surface area contributed by atoms with Crippen LogP contribution in [0.25, 0.3) is 6.08 Å². The Morgan fingerprint density at radius 3 is 2.61 bits per heavy atom. The summed E-state index contributed by atoms with van der Waals surface area (Å²) in [6, 6.07) is 16.7. The van der Waals surface area contributed by atoms with Gasteiger partial charge in [0.2, 0.25) is 5.91 Å². The van der Waals surface area contributed by atoms with Crippen LogP contribution in [0.2, 0.25) is 0 Å². The van der Waals surface area contributed by atoms with Crippen LogP contribution in [-0.2, 0) is 16.2 Å². The highest BCUT2D eigenvalue weighted by Crippen LogP contribution is 2.38. The molecule has 0 radical (unpaired) electrons. The quantitative estimate of drug-likeness (QED) is 0.193. The smallest absolute Gasteiger partial charge is 0.294 e. The van der Waals surface area contributed by atoms with Gasteiger partial charge in [-0.3, -0.25) is 19.3 Å². The molecule has 3 aromatic carbocycles. The number of thioether (sulfide) groups is 1. The first kappa shape index (κ1) is 28.1. The van der Waals surface area contributed by atoms with Crippen molar-refractivity contribution >= 4 is 79.1 Å². The highest BCUT2D eigenvalue weighted by molar-refractivity contribution is 14.1. The Hall–Kier alpha value is -2.90. The van der Waals surface area contributed by atoms with Crippen LogP contribution in [0, 0.1) is 9.39 Å². The third-order valence-corrected chi connectivity index (χ3v) is 7.45. The number of nitrogens with zero attached hydrogens (tertiary/aromatic N) is 1. The van der Waals surface area contributed by atoms with E-state index in [0.717, 1.165) is 36.3 Å². The number of hydrogen-bond acceptors (Lipinski definition) is 6. The maximum atomic E-state index is 13.4. The van der Waals surface area contributed by atoms with Gasteiger partial charge in [-0.1, -0.05) is 34.1 Å². The molecule has 196 valence electrons. The maximum absolute atomic E-state index is 13.4. The number of benzene rings is 3. The Labute approximate surface area is 245 Å². The fraction of sp³-hybridized carbons (Fsp3) is 0.148. The molecule has 11 heteroatoms. The molecular weight excluding hydrogens is 690 g/mol. The van der Waals surface area contributed by atoms with Gasteiger partial charge in [0.1, 0.15) is 19.0 Å². The number of carbonyl (C=O) groups is 3. The van der Waals surface area contributed by atoms with Gasteiger partial charge in [0.05, 0.1) is 15.1 Å². The lowest BCUT2D eigenvalue weighted by Gasteiger charge is -2.15. The average molecular weight is 711 g/mol. The van der Waals surface area contributed by atoms with Crippen molar-refractivity contribution < 1.29 is 28.2 Å². The summed E-state index contributed by atoms with van der Waals surface area (Å²) < 4.78 is 27.0. The van der Waals surface area contributed by atoms with Gasteiger partial charge in [-0.15, -0.1) is 0 Å². The van der Waals surface area contributed by atoms with Gasteiger partial charge in [-0.05, 0) is 101 Å². The number of ether oxygens (including phenoxy) is 2. The monoisotopic (exact) mass is 710 g/mol. The molecular formula is C27H21BrFIN2O5S. The number of halogens is 3. The Kier molecular flexibility index (Phi) is 9.44. The molecule has 0 aliphatic carbocycles. The van der Waals surface area contributed by atoms with Gasteiger partial charge < -0.3 is 14.8 Å². The van der Waals surface area contributed by atoms with Crippen LogP contribution in [-0.4, -0.2) is 35.1 Å². The van der Waals surface area contributed by atoms with Crippen molar-refractivity contribution in [2.75, 3.05) is 18.5 Å². The van der Waals surface area contributed by atoms with Gasteiger partial charge in [-0.2, -0.15) is 0 Å². The second-order valence-corrected chi connectivity index (χ2v) is 11.1. The van der Waals surface area contributed by atoms with E-state index in [4.69, 9.17) is 9.47 Å². The third-order valence-electron chi connectivity index (χ3n) is 5.21. The van der Waals surface area contributed by atoms with Crippen LogP contribution in [0.3, 0.4) is 0 Å². The highest BCUT2D eigenvalue weighted by Gasteiger charge is 2.36. The molecule has 1 aliphatic heterocycles. The molecule has 3 aromatic rings. The Morgan fingerprint density at radius 1 is 1.13 bits per heavy atom. The first-order chi connectivity index (χ1) is 18.2. The van der Waals surface area contributed by atoms with Gasteiger partial charge in [0, 0.05) is 10.2 Å².